The fourth-order valence-electron chi connectivity index (χ4n) is 3.61. The molecule has 2 N–H and O–H groups in total. The molecule has 0 aliphatic carbocycles. The number of benzene rings is 2. The molecule has 4 rings (SSSR count). The van der Waals surface area contributed by atoms with Crippen molar-refractivity contribution >= 4 is 50.1 Å². The van der Waals surface area contributed by atoms with Gasteiger partial charge >= 0.3 is 0 Å². The monoisotopic (exact) mass is 496 g/mol. The highest BCUT2D eigenvalue weighted by Crippen LogP contribution is 2.22. The summed E-state index contributed by atoms with van der Waals surface area (Å²) in [6, 6.07) is 15.6. The number of rotatable bonds is 7. The molecule has 1 aliphatic rings. The van der Waals surface area contributed by atoms with Crippen molar-refractivity contribution < 1.29 is 18.0 Å². The lowest BCUT2D eigenvalue weighted by atomic mass is 9.95. The Morgan fingerprint density at radius 3 is 2.38 bits per heavy atom. The van der Waals surface area contributed by atoms with Gasteiger partial charge in [-0.25, -0.2) is 13.4 Å². The summed E-state index contributed by atoms with van der Waals surface area (Å²) in [7, 11) is -3.74. The van der Waals surface area contributed by atoms with Crippen LogP contribution in [0.25, 0.3) is 6.08 Å². The van der Waals surface area contributed by atoms with Crippen molar-refractivity contribution in [3.05, 3.63) is 77.8 Å². The van der Waals surface area contributed by atoms with Crippen LogP contribution in [0.1, 0.15) is 18.4 Å². The van der Waals surface area contributed by atoms with E-state index >= 15 is 0 Å². The molecule has 176 valence electrons. The summed E-state index contributed by atoms with van der Waals surface area (Å²) >= 11 is 1.19. The van der Waals surface area contributed by atoms with Gasteiger partial charge in [-0.05, 0) is 48.7 Å². The molecule has 2 amide bonds. The summed E-state index contributed by atoms with van der Waals surface area (Å²) in [5, 5.41) is 4.81. The summed E-state index contributed by atoms with van der Waals surface area (Å²) in [4.78, 5) is 30.9. The van der Waals surface area contributed by atoms with Gasteiger partial charge in [-0.2, -0.15) is 0 Å². The number of anilines is 2. The van der Waals surface area contributed by atoms with Crippen LogP contribution in [-0.2, 0) is 19.6 Å². The number of hydrogen-bond acceptors (Lipinski definition) is 6. The molecule has 10 heteroatoms. The molecule has 34 heavy (non-hydrogen) atoms. The molecule has 3 aromatic rings. The molecule has 0 spiro atoms. The number of nitrogens with one attached hydrogen (secondary N) is 2. The van der Waals surface area contributed by atoms with Crippen molar-refractivity contribution in [2.45, 2.75) is 17.7 Å². The number of hydrogen-bond donors (Lipinski definition) is 2. The SMILES string of the molecule is O=C(Nc1ccc(S(=O)(=O)Nc2nccs2)cc1)C1CCN(C(=O)/C=C/c2ccccc2)CC1. The molecule has 0 atom stereocenters. The van der Waals surface area contributed by atoms with Crippen LogP contribution in [0.4, 0.5) is 10.8 Å². The Balaban J connectivity index is 1.27. The summed E-state index contributed by atoms with van der Waals surface area (Å²) in [5.41, 5.74) is 1.48. The third-order valence-corrected chi connectivity index (χ3v) is 7.65. The number of carbonyl (C=O) groups is 2. The molecule has 0 radical (unpaired) electrons. The van der Waals surface area contributed by atoms with Crippen molar-refractivity contribution in [3.63, 3.8) is 0 Å². The third kappa shape index (κ3) is 6.09. The van der Waals surface area contributed by atoms with Crippen LogP contribution in [0.5, 0.6) is 0 Å². The molecule has 0 unspecified atom stereocenters. The normalized spacial score (nSPS) is 14.8. The van der Waals surface area contributed by atoms with Gasteiger partial charge in [0, 0.05) is 42.3 Å². The second-order valence-corrected chi connectivity index (χ2v) is 10.4. The first-order valence-corrected chi connectivity index (χ1v) is 13.1. The minimum atomic E-state index is -3.74. The minimum absolute atomic E-state index is 0.0640. The lowest BCUT2D eigenvalue weighted by molar-refractivity contribution is -0.130. The van der Waals surface area contributed by atoms with Crippen LogP contribution in [0.15, 0.2) is 77.1 Å². The first kappa shape index (κ1) is 23.7. The van der Waals surface area contributed by atoms with Crippen molar-refractivity contribution in [1.29, 1.82) is 0 Å². The number of amides is 2. The second kappa shape index (κ2) is 10.6. The van der Waals surface area contributed by atoms with Crippen LogP contribution < -0.4 is 10.0 Å². The average Bonchev–Trinajstić information content (AvgIpc) is 3.36. The molecule has 1 fully saturated rings. The van der Waals surface area contributed by atoms with Crippen LogP contribution in [0.2, 0.25) is 0 Å². The number of piperidine rings is 1. The van der Waals surface area contributed by atoms with Gasteiger partial charge in [0.15, 0.2) is 5.13 Å². The Kier molecular flexibility index (Phi) is 7.39. The smallest absolute Gasteiger partial charge is 0.263 e. The molecule has 2 aromatic carbocycles. The van der Waals surface area contributed by atoms with E-state index in [9.17, 15) is 18.0 Å². The van der Waals surface area contributed by atoms with E-state index in [-0.39, 0.29) is 27.8 Å². The summed E-state index contributed by atoms with van der Waals surface area (Å²) < 4.78 is 27.3. The van der Waals surface area contributed by atoms with E-state index in [1.54, 1.807) is 34.6 Å². The van der Waals surface area contributed by atoms with Gasteiger partial charge in [0.05, 0.1) is 4.90 Å². The van der Waals surface area contributed by atoms with E-state index in [1.807, 2.05) is 30.3 Å². The zero-order valence-electron chi connectivity index (χ0n) is 18.3. The zero-order chi connectivity index (χ0) is 24.0. The van der Waals surface area contributed by atoms with Crippen LogP contribution in [-0.4, -0.2) is 43.2 Å². The predicted molar refractivity (Wildman–Crippen MR) is 133 cm³/mol. The number of nitrogens with zero attached hydrogens (tertiary/aromatic N) is 2. The van der Waals surface area contributed by atoms with Gasteiger partial charge in [0.25, 0.3) is 10.0 Å². The lowest BCUT2D eigenvalue weighted by Gasteiger charge is -2.30. The second-order valence-electron chi connectivity index (χ2n) is 7.80. The third-order valence-electron chi connectivity index (χ3n) is 5.48. The first-order valence-electron chi connectivity index (χ1n) is 10.8. The Morgan fingerprint density at radius 2 is 1.74 bits per heavy atom. The molecule has 2 heterocycles. The highest BCUT2D eigenvalue weighted by atomic mass is 32.2. The summed E-state index contributed by atoms with van der Waals surface area (Å²) in [6.45, 7) is 1.02. The quantitative estimate of drug-likeness (QED) is 0.483. The molecule has 0 saturated carbocycles. The maximum absolute atomic E-state index is 12.7. The largest absolute Gasteiger partial charge is 0.339 e. The Labute approximate surface area is 202 Å². The number of thiazole rings is 1. The zero-order valence-corrected chi connectivity index (χ0v) is 19.9. The maximum Gasteiger partial charge on any atom is 0.263 e. The van der Waals surface area contributed by atoms with Gasteiger partial charge in [0.1, 0.15) is 0 Å². The van der Waals surface area contributed by atoms with Crippen LogP contribution in [0.3, 0.4) is 0 Å². The van der Waals surface area contributed by atoms with Gasteiger partial charge < -0.3 is 10.2 Å². The van der Waals surface area contributed by atoms with Crippen LogP contribution >= 0.6 is 11.3 Å². The van der Waals surface area contributed by atoms with Crippen molar-refractivity contribution in [2.24, 2.45) is 5.92 Å². The Bertz CT molecular complexity index is 1250. The van der Waals surface area contributed by atoms with Gasteiger partial charge in [-0.3, -0.25) is 14.3 Å². The van der Waals surface area contributed by atoms with E-state index in [4.69, 9.17) is 0 Å². The number of sulfonamides is 1. The Hall–Kier alpha value is -3.50. The fourth-order valence-corrected chi connectivity index (χ4v) is 5.40. The Morgan fingerprint density at radius 1 is 1.03 bits per heavy atom. The molecule has 1 saturated heterocycles. The van der Waals surface area contributed by atoms with E-state index in [2.05, 4.69) is 15.0 Å². The molecular weight excluding hydrogens is 472 g/mol. The first-order chi connectivity index (χ1) is 16.4. The number of carbonyl (C=O) groups excluding carboxylic acids is 2. The molecule has 1 aromatic heterocycles. The average molecular weight is 497 g/mol. The van der Waals surface area contributed by atoms with E-state index in [0.717, 1.165) is 5.56 Å². The number of likely N-dealkylation sites (tertiary alicyclic amines) is 1. The maximum atomic E-state index is 12.7. The predicted octanol–water partition coefficient (Wildman–Crippen LogP) is 3.83. The minimum Gasteiger partial charge on any atom is -0.339 e. The molecule has 8 nitrogen and oxygen atoms in total. The van der Waals surface area contributed by atoms with Gasteiger partial charge in [0.2, 0.25) is 11.8 Å². The molecular formula is C24H24N4O4S2. The van der Waals surface area contributed by atoms with E-state index < -0.39 is 10.0 Å². The highest BCUT2D eigenvalue weighted by Gasteiger charge is 2.26. The number of aromatic nitrogens is 1. The highest BCUT2D eigenvalue weighted by molar-refractivity contribution is 7.93. The van der Waals surface area contributed by atoms with Gasteiger partial charge in [-0.1, -0.05) is 30.3 Å². The summed E-state index contributed by atoms with van der Waals surface area (Å²) in [5.74, 6) is -0.411. The standard InChI is InChI=1S/C24H24N4O4S2/c29-22(11-6-18-4-2-1-3-5-18)28-15-12-19(13-16-28)23(30)26-20-7-9-21(10-8-20)34(31,32)27-24-25-14-17-33-24/h1-11,14,17,19H,12-13,15-16H2,(H,25,27)(H,26,30)/b11-6+. The van der Waals surface area contributed by atoms with Crippen molar-refractivity contribution in [3.8, 4) is 0 Å². The topological polar surface area (TPSA) is 108 Å². The van der Waals surface area contributed by atoms with Crippen molar-refractivity contribution in [2.75, 3.05) is 23.1 Å². The molecule has 0 bridgehead atoms. The van der Waals surface area contributed by atoms with E-state index in [0.29, 0.717) is 31.6 Å². The molecule has 1 aliphatic heterocycles. The van der Waals surface area contributed by atoms with E-state index in [1.165, 1.54) is 29.7 Å². The van der Waals surface area contributed by atoms with Crippen LogP contribution in [0, 0.1) is 5.92 Å². The van der Waals surface area contributed by atoms with Gasteiger partial charge in [-0.15, -0.1) is 11.3 Å². The van der Waals surface area contributed by atoms with Crippen molar-refractivity contribution in [1.82, 2.24) is 9.88 Å². The lowest BCUT2D eigenvalue weighted by Crippen LogP contribution is -2.40. The summed E-state index contributed by atoms with van der Waals surface area (Å²) in [6.07, 6.45) is 6.01. The fraction of sp³-hybridized carbons (Fsp3) is 0.208.